The van der Waals surface area contributed by atoms with E-state index in [0.717, 1.165) is 4.88 Å². The van der Waals surface area contributed by atoms with Crippen molar-refractivity contribution in [3.05, 3.63) is 58.3 Å². The van der Waals surface area contributed by atoms with Crippen molar-refractivity contribution in [3.8, 4) is 0 Å². The maximum atomic E-state index is 15.1. The Morgan fingerprint density at radius 2 is 1.86 bits per heavy atom. The molecule has 0 radical (unpaired) electrons. The Balaban J connectivity index is 2.13. The van der Waals surface area contributed by atoms with E-state index in [1.54, 1.807) is 26.8 Å². The molecule has 0 bridgehead atoms. The summed E-state index contributed by atoms with van der Waals surface area (Å²) >= 11 is 1.52. The summed E-state index contributed by atoms with van der Waals surface area (Å²) in [6.07, 6.45) is -2.55. The number of aliphatic hydroxyl groups excluding tert-OH is 1. The van der Waals surface area contributed by atoms with Crippen LogP contribution in [0.15, 0.2) is 47.8 Å². The SMILES string of the molecule is CC(C)(C)OC(=O)N[C@H]([C@@H](O)CNCc1cccs1)C(F)(F)c1ccccc1. The van der Waals surface area contributed by atoms with Crippen molar-refractivity contribution in [1.82, 2.24) is 10.6 Å². The molecule has 1 aromatic carbocycles. The molecule has 5 nitrogen and oxygen atoms in total. The average molecular weight is 413 g/mol. The molecule has 1 aromatic heterocycles. The van der Waals surface area contributed by atoms with Crippen LogP contribution in [-0.2, 0) is 17.2 Å². The van der Waals surface area contributed by atoms with Crippen LogP contribution in [-0.4, -0.2) is 35.5 Å². The fourth-order valence-electron chi connectivity index (χ4n) is 2.58. The zero-order chi connectivity index (χ0) is 20.8. The fraction of sp³-hybridized carbons (Fsp3) is 0.450. The first kappa shape index (κ1) is 22.3. The number of hydrogen-bond donors (Lipinski definition) is 3. The second-order valence-electron chi connectivity index (χ2n) is 7.39. The molecule has 0 aliphatic carbocycles. The molecule has 0 fully saturated rings. The minimum atomic E-state index is -3.50. The Bertz CT molecular complexity index is 734. The lowest BCUT2D eigenvalue weighted by atomic mass is 9.96. The lowest BCUT2D eigenvalue weighted by molar-refractivity contribution is -0.0847. The van der Waals surface area contributed by atoms with Gasteiger partial charge >= 0.3 is 6.09 Å². The molecule has 3 N–H and O–H groups in total. The van der Waals surface area contributed by atoms with Crippen molar-refractivity contribution in [1.29, 1.82) is 0 Å². The number of alkyl halides is 2. The molecule has 0 aliphatic rings. The number of carbonyl (C=O) groups is 1. The lowest BCUT2D eigenvalue weighted by Gasteiger charge is -2.32. The number of benzene rings is 1. The predicted octanol–water partition coefficient (Wildman–Crippen LogP) is 3.88. The van der Waals surface area contributed by atoms with Gasteiger partial charge in [0.15, 0.2) is 0 Å². The molecular weight excluding hydrogens is 386 g/mol. The summed E-state index contributed by atoms with van der Waals surface area (Å²) in [5.41, 5.74) is -1.15. The Kier molecular flexibility index (Phi) is 7.51. The summed E-state index contributed by atoms with van der Waals surface area (Å²) in [4.78, 5) is 13.1. The Hall–Kier alpha value is -2.03. The highest BCUT2D eigenvalue weighted by molar-refractivity contribution is 7.09. The first-order chi connectivity index (χ1) is 13.1. The number of ether oxygens (including phenoxy) is 1. The number of thiophene rings is 1. The second kappa shape index (κ2) is 9.45. The summed E-state index contributed by atoms with van der Waals surface area (Å²) in [5.74, 6) is -3.50. The van der Waals surface area contributed by atoms with Crippen LogP contribution in [0.25, 0.3) is 0 Å². The lowest BCUT2D eigenvalue weighted by Crippen LogP contribution is -2.56. The third-order valence-corrected chi connectivity index (χ3v) is 4.72. The van der Waals surface area contributed by atoms with Gasteiger partial charge in [0.05, 0.1) is 6.10 Å². The number of hydrogen-bond acceptors (Lipinski definition) is 5. The molecule has 0 unspecified atom stereocenters. The number of nitrogens with one attached hydrogen (secondary N) is 2. The van der Waals surface area contributed by atoms with E-state index in [4.69, 9.17) is 4.74 Å². The second-order valence-corrected chi connectivity index (χ2v) is 8.42. The monoisotopic (exact) mass is 412 g/mol. The third kappa shape index (κ3) is 6.54. The zero-order valence-corrected chi connectivity index (χ0v) is 16.9. The normalized spacial score (nSPS) is 14.4. The van der Waals surface area contributed by atoms with Crippen LogP contribution in [0.4, 0.5) is 13.6 Å². The topological polar surface area (TPSA) is 70.6 Å². The van der Waals surface area contributed by atoms with Crippen LogP contribution in [0.3, 0.4) is 0 Å². The van der Waals surface area contributed by atoms with Crippen LogP contribution in [0.2, 0.25) is 0 Å². The number of carbonyl (C=O) groups excluding carboxylic acids is 1. The highest BCUT2D eigenvalue weighted by atomic mass is 32.1. The van der Waals surface area contributed by atoms with Gasteiger partial charge in [-0.1, -0.05) is 36.4 Å². The molecule has 8 heteroatoms. The minimum Gasteiger partial charge on any atom is -0.444 e. The van der Waals surface area contributed by atoms with Crippen molar-refractivity contribution >= 4 is 17.4 Å². The van der Waals surface area contributed by atoms with Crippen molar-refractivity contribution in [2.45, 2.75) is 51.0 Å². The maximum absolute atomic E-state index is 15.1. The zero-order valence-electron chi connectivity index (χ0n) is 16.1. The summed E-state index contributed by atoms with van der Waals surface area (Å²) in [5, 5.41) is 17.5. The smallest absolute Gasteiger partial charge is 0.408 e. The first-order valence-electron chi connectivity index (χ1n) is 8.93. The predicted molar refractivity (Wildman–Crippen MR) is 106 cm³/mol. The number of halogens is 2. The Morgan fingerprint density at radius 1 is 1.18 bits per heavy atom. The molecule has 28 heavy (non-hydrogen) atoms. The molecule has 2 atom stereocenters. The quantitative estimate of drug-likeness (QED) is 0.615. The Morgan fingerprint density at radius 3 is 2.43 bits per heavy atom. The van der Waals surface area contributed by atoms with Crippen LogP contribution in [0.1, 0.15) is 31.2 Å². The van der Waals surface area contributed by atoms with E-state index in [0.29, 0.717) is 6.54 Å². The molecule has 0 saturated carbocycles. The van der Waals surface area contributed by atoms with E-state index in [9.17, 15) is 9.90 Å². The van der Waals surface area contributed by atoms with Crippen LogP contribution >= 0.6 is 11.3 Å². The van der Waals surface area contributed by atoms with Crippen molar-refractivity contribution in [2.75, 3.05) is 6.54 Å². The Labute approximate surface area is 167 Å². The molecule has 154 valence electrons. The molecular formula is C20H26F2N2O3S. The van der Waals surface area contributed by atoms with Gasteiger partial charge in [0, 0.05) is 23.5 Å². The fourth-order valence-corrected chi connectivity index (χ4v) is 3.25. The largest absolute Gasteiger partial charge is 0.444 e. The first-order valence-corrected chi connectivity index (χ1v) is 9.81. The van der Waals surface area contributed by atoms with Crippen molar-refractivity contribution in [3.63, 3.8) is 0 Å². The summed E-state index contributed by atoms with van der Waals surface area (Å²) < 4.78 is 35.3. The average Bonchev–Trinajstić information content (AvgIpc) is 3.12. The van der Waals surface area contributed by atoms with E-state index < -0.39 is 29.8 Å². The number of rotatable bonds is 8. The van der Waals surface area contributed by atoms with Crippen LogP contribution in [0.5, 0.6) is 0 Å². The van der Waals surface area contributed by atoms with E-state index in [2.05, 4.69) is 10.6 Å². The van der Waals surface area contributed by atoms with E-state index >= 15 is 8.78 Å². The highest BCUT2D eigenvalue weighted by Gasteiger charge is 2.46. The van der Waals surface area contributed by atoms with Crippen molar-refractivity contribution in [2.24, 2.45) is 0 Å². The number of aliphatic hydroxyl groups is 1. The van der Waals surface area contributed by atoms with Gasteiger partial charge in [-0.05, 0) is 32.2 Å². The standard InChI is InChI=1S/C20H26F2N2O3S/c1-19(2,3)27-18(26)24-17(20(21,22)14-8-5-4-6-9-14)16(25)13-23-12-15-10-7-11-28-15/h4-11,16-17,23,25H,12-13H2,1-3H3,(H,24,26)/t16-,17+/m0/s1. The van der Waals surface area contributed by atoms with Gasteiger partial charge in [-0.2, -0.15) is 8.78 Å². The van der Waals surface area contributed by atoms with Gasteiger partial charge < -0.3 is 20.5 Å². The summed E-state index contributed by atoms with van der Waals surface area (Å²) in [7, 11) is 0. The molecule has 0 saturated heterocycles. The molecule has 0 spiro atoms. The number of alkyl carbamates (subject to hydrolysis) is 1. The van der Waals surface area contributed by atoms with Gasteiger partial charge in [0.25, 0.3) is 5.92 Å². The molecule has 2 aromatic rings. The van der Waals surface area contributed by atoms with E-state index in [-0.39, 0.29) is 12.1 Å². The van der Waals surface area contributed by atoms with Gasteiger partial charge in [-0.3, -0.25) is 0 Å². The van der Waals surface area contributed by atoms with Crippen LogP contribution in [0, 0.1) is 0 Å². The molecule has 2 rings (SSSR count). The molecule has 1 heterocycles. The molecule has 0 aliphatic heterocycles. The van der Waals surface area contributed by atoms with Gasteiger partial charge in [-0.25, -0.2) is 4.79 Å². The third-order valence-electron chi connectivity index (χ3n) is 3.84. The van der Waals surface area contributed by atoms with E-state index in [1.165, 1.54) is 35.6 Å². The maximum Gasteiger partial charge on any atom is 0.408 e. The van der Waals surface area contributed by atoms with E-state index in [1.807, 2.05) is 17.5 Å². The highest BCUT2D eigenvalue weighted by Crippen LogP contribution is 2.33. The summed E-state index contributed by atoms with van der Waals surface area (Å²) in [6, 6.07) is 9.03. The number of amides is 1. The summed E-state index contributed by atoms with van der Waals surface area (Å²) in [6.45, 7) is 5.22. The van der Waals surface area contributed by atoms with Gasteiger partial charge in [-0.15, -0.1) is 11.3 Å². The van der Waals surface area contributed by atoms with Gasteiger partial charge in [0.2, 0.25) is 0 Å². The van der Waals surface area contributed by atoms with Crippen LogP contribution < -0.4 is 10.6 Å². The van der Waals surface area contributed by atoms with Crippen molar-refractivity contribution < 1.29 is 23.4 Å². The molecule has 1 amide bonds. The minimum absolute atomic E-state index is 0.124. The van der Waals surface area contributed by atoms with Gasteiger partial charge in [0.1, 0.15) is 11.6 Å².